The molecule has 1 heterocycles. The van der Waals surface area contributed by atoms with Gasteiger partial charge in [0, 0.05) is 19.6 Å². The van der Waals surface area contributed by atoms with E-state index in [0.29, 0.717) is 6.42 Å². The van der Waals surface area contributed by atoms with Gasteiger partial charge in [-0.1, -0.05) is 43.0 Å². The Morgan fingerprint density at radius 3 is 2.41 bits per heavy atom. The predicted molar refractivity (Wildman–Crippen MR) is 142 cm³/mol. The van der Waals surface area contributed by atoms with Crippen LogP contribution in [0.1, 0.15) is 53.6 Å². The molecule has 3 aromatic rings. The van der Waals surface area contributed by atoms with Gasteiger partial charge in [-0.05, 0) is 67.5 Å². The van der Waals surface area contributed by atoms with Crippen LogP contribution in [0.25, 0.3) is 10.9 Å². The fourth-order valence-electron chi connectivity index (χ4n) is 4.66. The van der Waals surface area contributed by atoms with Crippen LogP contribution in [0.4, 0.5) is 4.79 Å². The van der Waals surface area contributed by atoms with Gasteiger partial charge in [-0.25, -0.2) is 17.9 Å². The Kier molecular flexibility index (Phi) is 7.97. The van der Waals surface area contributed by atoms with Crippen LogP contribution < -0.4 is 20.9 Å². The number of nitrogens with zero attached hydrogens (tertiary/aromatic N) is 1. The first kappa shape index (κ1) is 26.4. The molecule has 0 aliphatic heterocycles. The number of amides is 3. The van der Waals surface area contributed by atoms with Crippen molar-refractivity contribution in [3.63, 3.8) is 0 Å². The van der Waals surface area contributed by atoms with Crippen molar-refractivity contribution >= 4 is 32.9 Å². The molecule has 0 unspecified atom stereocenters. The molecule has 4 rings (SSSR count). The number of nitrogens with one attached hydrogen (secondary N) is 3. The second kappa shape index (κ2) is 11.2. The van der Waals surface area contributed by atoms with Gasteiger partial charge in [-0.2, -0.15) is 0 Å². The molecule has 0 spiro atoms. The van der Waals surface area contributed by atoms with Gasteiger partial charge in [0.15, 0.2) is 0 Å². The zero-order valence-corrected chi connectivity index (χ0v) is 21.9. The lowest BCUT2D eigenvalue weighted by Gasteiger charge is -2.22. The standard InChI is InChI=1S/C27H32N4O5S/c1-18-8-13-24-20(16-18)17-23(26(33)31(24)2)25(32)28-15-14-19-9-11-22(12-10-19)37(35,36)30-27(34)29-21-6-4-3-5-7-21/h8-13,16-17,21H,3-7,14-15H2,1-2H3,(H,28,32)(H2,29,30,34). The van der Waals surface area contributed by atoms with Crippen molar-refractivity contribution in [1.82, 2.24) is 19.9 Å². The number of pyridine rings is 1. The van der Waals surface area contributed by atoms with Gasteiger partial charge >= 0.3 is 6.03 Å². The molecule has 1 aliphatic carbocycles. The predicted octanol–water partition coefficient (Wildman–Crippen LogP) is 3.14. The Balaban J connectivity index is 1.33. The Hall–Kier alpha value is -3.66. The molecule has 37 heavy (non-hydrogen) atoms. The minimum Gasteiger partial charge on any atom is -0.352 e. The van der Waals surface area contributed by atoms with E-state index < -0.39 is 22.0 Å². The van der Waals surface area contributed by atoms with Gasteiger partial charge in [-0.3, -0.25) is 9.59 Å². The SMILES string of the molecule is Cc1ccc2c(c1)cc(C(=O)NCCc1ccc(S(=O)(=O)NC(=O)NC3CCCCC3)cc1)c(=O)n2C. The van der Waals surface area contributed by atoms with Crippen molar-refractivity contribution in [3.8, 4) is 0 Å². The summed E-state index contributed by atoms with van der Waals surface area (Å²) in [5.74, 6) is -0.462. The van der Waals surface area contributed by atoms with Crippen LogP contribution >= 0.6 is 0 Å². The highest BCUT2D eigenvalue weighted by Gasteiger charge is 2.21. The highest BCUT2D eigenvalue weighted by Crippen LogP contribution is 2.18. The summed E-state index contributed by atoms with van der Waals surface area (Å²) < 4.78 is 28.7. The summed E-state index contributed by atoms with van der Waals surface area (Å²) in [6, 6.07) is 12.7. The van der Waals surface area contributed by atoms with E-state index in [9.17, 15) is 22.8 Å². The summed E-state index contributed by atoms with van der Waals surface area (Å²) in [5.41, 5.74) is 2.28. The molecule has 196 valence electrons. The molecular weight excluding hydrogens is 492 g/mol. The number of carbonyl (C=O) groups excluding carboxylic acids is 2. The molecule has 0 bridgehead atoms. The third kappa shape index (κ3) is 6.37. The van der Waals surface area contributed by atoms with Gasteiger partial charge < -0.3 is 15.2 Å². The molecule has 10 heteroatoms. The van der Waals surface area contributed by atoms with Crippen LogP contribution in [0.3, 0.4) is 0 Å². The van der Waals surface area contributed by atoms with Gasteiger partial charge in [0.1, 0.15) is 5.56 Å². The lowest BCUT2D eigenvalue weighted by Crippen LogP contribution is -2.45. The molecule has 1 aliphatic rings. The number of sulfonamides is 1. The first-order valence-corrected chi connectivity index (χ1v) is 13.9. The Labute approximate surface area is 216 Å². The zero-order chi connectivity index (χ0) is 26.6. The Morgan fingerprint density at radius 1 is 1.00 bits per heavy atom. The molecule has 0 atom stereocenters. The first-order chi connectivity index (χ1) is 17.6. The summed E-state index contributed by atoms with van der Waals surface area (Å²) >= 11 is 0. The van der Waals surface area contributed by atoms with E-state index >= 15 is 0 Å². The molecule has 3 N–H and O–H groups in total. The number of hydrogen-bond acceptors (Lipinski definition) is 5. The van der Waals surface area contributed by atoms with Gasteiger partial charge in [0.05, 0.1) is 10.4 Å². The molecule has 9 nitrogen and oxygen atoms in total. The van der Waals surface area contributed by atoms with Crippen molar-refractivity contribution in [2.45, 2.75) is 56.4 Å². The van der Waals surface area contributed by atoms with Crippen molar-refractivity contribution in [2.24, 2.45) is 7.05 Å². The van der Waals surface area contributed by atoms with E-state index in [-0.39, 0.29) is 28.6 Å². The largest absolute Gasteiger partial charge is 0.352 e. The van der Waals surface area contributed by atoms with E-state index in [1.165, 1.54) is 16.7 Å². The number of aryl methyl sites for hydroxylation is 2. The minimum absolute atomic E-state index is 0.000429. The van der Waals surface area contributed by atoms with Crippen LogP contribution in [-0.2, 0) is 23.5 Å². The smallest absolute Gasteiger partial charge is 0.328 e. The van der Waals surface area contributed by atoms with Crippen molar-refractivity contribution in [3.05, 3.63) is 75.6 Å². The van der Waals surface area contributed by atoms with Crippen molar-refractivity contribution < 1.29 is 18.0 Å². The van der Waals surface area contributed by atoms with Crippen LogP contribution in [0, 0.1) is 6.92 Å². The highest BCUT2D eigenvalue weighted by molar-refractivity contribution is 7.90. The lowest BCUT2D eigenvalue weighted by molar-refractivity contribution is 0.0952. The minimum atomic E-state index is -4.00. The number of fused-ring (bicyclic) bond motifs is 1. The summed E-state index contributed by atoms with van der Waals surface area (Å²) in [6.07, 6.45) is 5.34. The van der Waals surface area contributed by atoms with E-state index in [1.807, 2.05) is 25.1 Å². The maximum atomic E-state index is 12.7. The van der Waals surface area contributed by atoms with Crippen LogP contribution in [0.5, 0.6) is 0 Å². The second-order valence-electron chi connectivity index (χ2n) is 9.55. The summed E-state index contributed by atoms with van der Waals surface area (Å²) in [7, 11) is -2.36. The quantitative estimate of drug-likeness (QED) is 0.438. The normalized spacial score (nSPS) is 14.3. The molecule has 1 fully saturated rings. The second-order valence-corrected chi connectivity index (χ2v) is 11.2. The number of carbonyl (C=O) groups is 2. The average molecular weight is 525 g/mol. The van der Waals surface area contributed by atoms with E-state index in [4.69, 9.17) is 0 Å². The number of urea groups is 1. The molecule has 0 radical (unpaired) electrons. The van der Waals surface area contributed by atoms with Crippen LogP contribution in [0.15, 0.2) is 58.2 Å². The molecule has 1 aromatic heterocycles. The maximum Gasteiger partial charge on any atom is 0.328 e. The van der Waals surface area contributed by atoms with Crippen molar-refractivity contribution in [2.75, 3.05) is 6.54 Å². The van der Waals surface area contributed by atoms with Gasteiger partial charge in [0.2, 0.25) is 0 Å². The highest BCUT2D eigenvalue weighted by atomic mass is 32.2. The number of aromatic nitrogens is 1. The Bertz CT molecular complexity index is 1470. The summed E-state index contributed by atoms with van der Waals surface area (Å²) in [5, 5.41) is 6.31. The molecular formula is C27H32N4O5S. The molecule has 3 amide bonds. The number of benzene rings is 2. The van der Waals surface area contributed by atoms with E-state index in [0.717, 1.165) is 54.1 Å². The number of hydrogen-bond donors (Lipinski definition) is 3. The van der Waals surface area contributed by atoms with E-state index in [2.05, 4.69) is 15.4 Å². The van der Waals surface area contributed by atoms with Gasteiger partial charge in [0.25, 0.3) is 21.5 Å². The lowest BCUT2D eigenvalue weighted by atomic mass is 9.96. The van der Waals surface area contributed by atoms with Crippen LogP contribution in [-0.4, -0.2) is 37.5 Å². The van der Waals surface area contributed by atoms with Crippen LogP contribution in [0.2, 0.25) is 0 Å². The molecule has 2 aromatic carbocycles. The molecule has 0 saturated heterocycles. The summed E-state index contributed by atoms with van der Waals surface area (Å²) in [6.45, 7) is 2.21. The van der Waals surface area contributed by atoms with Gasteiger partial charge in [-0.15, -0.1) is 0 Å². The number of rotatable bonds is 7. The fourth-order valence-corrected chi connectivity index (χ4v) is 5.57. The third-order valence-electron chi connectivity index (χ3n) is 6.72. The topological polar surface area (TPSA) is 126 Å². The maximum absolute atomic E-state index is 12.7. The van der Waals surface area contributed by atoms with E-state index in [1.54, 1.807) is 25.2 Å². The first-order valence-electron chi connectivity index (χ1n) is 12.4. The Morgan fingerprint density at radius 2 is 1.70 bits per heavy atom. The summed E-state index contributed by atoms with van der Waals surface area (Å²) in [4.78, 5) is 37.5. The monoisotopic (exact) mass is 524 g/mol. The average Bonchev–Trinajstić information content (AvgIpc) is 2.86. The molecule has 1 saturated carbocycles. The fraction of sp³-hybridized carbons (Fsp3) is 0.370. The third-order valence-corrected chi connectivity index (χ3v) is 8.07. The zero-order valence-electron chi connectivity index (χ0n) is 21.0. The van der Waals surface area contributed by atoms with Crippen molar-refractivity contribution in [1.29, 1.82) is 0 Å².